The van der Waals surface area contributed by atoms with Crippen LogP contribution >= 0.6 is 0 Å². The van der Waals surface area contributed by atoms with Gasteiger partial charge in [0.1, 0.15) is 5.82 Å². The highest BCUT2D eigenvalue weighted by Gasteiger charge is 2.48. The summed E-state index contributed by atoms with van der Waals surface area (Å²) in [5.41, 5.74) is 0.957. The average molecular weight is 367 g/mol. The maximum atomic E-state index is 13.5. The number of carbonyl (C=O) groups is 2. The molecule has 2 heterocycles. The molecule has 0 bridgehead atoms. The van der Waals surface area contributed by atoms with E-state index >= 15 is 0 Å². The minimum atomic E-state index is -0.412. The number of hydrogen-bond acceptors (Lipinski definition) is 3. The Balaban J connectivity index is 1.56. The van der Waals surface area contributed by atoms with Gasteiger partial charge in [0.15, 0.2) is 0 Å². The molecule has 2 aliphatic rings. The molecule has 2 fully saturated rings. The number of rotatable bonds is 2. The second-order valence-corrected chi connectivity index (χ2v) is 7.38. The Labute approximate surface area is 158 Å². The van der Waals surface area contributed by atoms with Gasteiger partial charge in [-0.15, -0.1) is 0 Å². The molecule has 1 atom stereocenters. The van der Waals surface area contributed by atoms with Crippen LogP contribution in [0.1, 0.15) is 16.8 Å². The third-order valence-corrected chi connectivity index (χ3v) is 5.69. The zero-order chi connectivity index (χ0) is 19.0. The Kier molecular flexibility index (Phi) is 4.44. The quantitative estimate of drug-likeness (QED) is 0.819. The number of amides is 2. The smallest absolute Gasteiger partial charge is 0.254 e. The molecule has 5 nitrogen and oxygen atoms in total. The Morgan fingerprint density at radius 2 is 1.85 bits per heavy atom. The van der Waals surface area contributed by atoms with Gasteiger partial charge in [-0.2, -0.15) is 0 Å². The molecule has 2 aliphatic heterocycles. The van der Waals surface area contributed by atoms with Gasteiger partial charge in [0, 0.05) is 30.9 Å². The molecule has 0 radical (unpaired) electrons. The van der Waals surface area contributed by atoms with Gasteiger partial charge in [0.25, 0.3) is 5.91 Å². The third kappa shape index (κ3) is 3.21. The Morgan fingerprint density at radius 1 is 1.07 bits per heavy atom. The SMILES string of the molecule is CN1CC(=O)N(c2ccccc2)CC12CCN(C(=O)c1cccc(F)c1)C2. The lowest BCUT2D eigenvalue weighted by Crippen LogP contribution is -2.64. The number of halogens is 1. The summed E-state index contributed by atoms with van der Waals surface area (Å²) in [6, 6.07) is 15.4. The minimum absolute atomic E-state index is 0.0595. The summed E-state index contributed by atoms with van der Waals surface area (Å²) < 4.78 is 13.5. The van der Waals surface area contributed by atoms with Gasteiger partial charge in [-0.05, 0) is 43.8 Å². The van der Waals surface area contributed by atoms with E-state index in [2.05, 4.69) is 4.90 Å². The van der Waals surface area contributed by atoms with E-state index in [0.717, 1.165) is 12.1 Å². The number of para-hydroxylation sites is 1. The minimum Gasteiger partial charge on any atom is -0.337 e. The van der Waals surface area contributed by atoms with E-state index < -0.39 is 5.82 Å². The van der Waals surface area contributed by atoms with Gasteiger partial charge >= 0.3 is 0 Å². The average Bonchev–Trinajstić information content (AvgIpc) is 3.10. The fourth-order valence-corrected chi connectivity index (χ4v) is 4.08. The number of benzene rings is 2. The van der Waals surface area contributed by atoms with Crippen molar-refractivity contribution < 1.29 is 14.0 Å². The van der Waals surface area contributed by atoms with Gasteiger partial charge in [0.2, 0.25) is 5.91 Å². The number of nitrogens with zero attached hydrogens (tertiary/aromatic N) is 3. The van der Waals surface area contributed by atoms with Crippen molar-refractivity contribution in [1.29, 1.82) is 0 Å². The summed E-state index contributed by atoms with van der Waals surface area (Å²) >= 11 is 0. The molecule has 2 saturated heterocycles. The van der Waals surface area contributed by atoms with Crippen molar-refractivity contribution in [3.63, 3.8) is 0 Å². The molecule has 0 aromatic heterocycles. The first-order valence-electron chi connectivity index (χ1n) is 9.10. The first-order chi connectivity index (χ1) is 13.0. The summed E-state index contributed by atoms with van der Waals surface area (Å²) in [5, 5.41) is 0. The Bertz CT molecular complexity index is 873. The highest BCUT2D eigenvalue weighted by Crippen LogP contribution is 2.34. The number of anilines is 1. The van der Waals surface area contributed by atoms with Crippen LogP contribution in [0.25, 0.3) is 0 Å². The molecule has 4 rings (SSSR count). The number of likely N-dealkylation sites (N-methyl/N-ethyl adjacent to an activating group) is 1. The van der Waals surface area contributed by atoms with E-state index in [4.69, 9.17) is 0 Å². The van der Waals surface area contributed by atoms with Gasteiger partial charge in [-0.25, -0.2) is 4.39 Å². The molecule has 0 aliphatic carbocycles. The van der Waals surface area contributed by atoms with Crippen molar-refractivity contribution in [1.82, 2.24) is 9.80 Å². The first-order valence-corrected chi connectivity index (χ1v) is 9.10. The van der Waals surface area contributed by atoms with Crippen LogP contribution in [-0.4, -0.2) is 60.4 Å². The van der Waals surface area contributed by atoms with Gasteiger partial charge in [0.05, 0.1) is 12.1 Å². The van der Waals surface area contributed by atoms with Crippen LogP contribution < -0.4 is 4.90 Å². The standard InChI is InChI=1S/C21H22FN3O2/c1-23-13-19(26)25(18-8-3-2-4-9-18)15-21(23)10-11-24(14-21)20(27)16-6-5-7-17(22)12-16/h2-9,12H,10-11,13-15H2,1H3. The van der Waals surface area contributed by atoms with Gasteiger partial charge in [-0.3, -0.25) is 14.5 Å². The molecular weight excluding hydrogens is 345 g/mol. The maximum absolute atomic E-state index is 13.5. The van der Waals surface area contributed by atoms with Crippen LogP contribution in [0.15, 0.2) is 54.6 Å². The maximum Gasteiger partial charge on any atom is 0.254 e. The van der Waals surface area contributed by atoms with Crippen LogP contribution in [0.5, 0.6) is 0 Å². The summed E-state index contributed by atoms with van der Waals surface area (Å²) in [6.07, 6.45) is 0.779. The topological polar surface area (TPSA) is 43.9 Å². The highest BCUT2D eigenvalue weighted by atomic mass is 19.1. The van der Waals surface area contributed by atoms with Crippen LogP contribution in [0, 0.1) is 5.82 Å². The van der Waals surface area contributed by atoms with E-state index in [1.807, 2.05) is 42.3 Å². The molecule has 0 N–H and O–H groups in total. The second kappa shape index (κ2) is 6.78. The number of hydrogen-bond donors (Lipinski definition) is 0. The van der Waals surface area contributed by atoms with Crippen LogP contribution in [0.4, 0.5) is 10.1 Å². The van der Waals surface area contributed by atoms with Crippen molar-refractivity contribution in [3.8, 4) is 0 Å². The molecule has 140 valence electrons. The normalized spacial score (nSPS) is 23.3. The van der Waals surface area contributed by atoms with Crippen LogP contribution in [-0.2, 0) is 4.79 Å². The van der Waals surface area contributed by atoms with E-state index in [-0.39, 0.29) is 17.4 Å². The Hall–Kier alpha value is -2.73. The van der Waals surface area contributed by atoms with Gasteiger partial charge in [-0.1, -0.05) is 24.3 Å². The van der Waals surface area contributed by atoms with E-state index in [0.29, 0.717) is 31.7 Å². The summed E-state index contributed by atoms with van der Waals surface area (Å²) in [6.45, 7) is 1.97. The summed E-state index contributed by atoms with van der Waals surface area (Å²) in [4.78, 5) is 31.0. The predicted molar refractivity (Wildman–Crippen MR) is 101 cm³/mol. The van der Waals surface area contributed by atoms with Crippen molar-refractivity contribution >= 4 is 17.5 Å². The fourth-order valence-electron chi connectivity index (χ4n) is 4.08. The molecule has 1 unspecified atom stereocenters. The molecule has 27 heavy (non-hydrogen) atoms. The summed E-state index contributed by atoms with van der Waals surface area (Å²) in [5.74, 6) is -0.516. The summed E-state index contributed by atoms with van der Waals surface area (Å²) in [7, 11) is 1.94. The van der Waals surface area contributed by atoms with Crippen molar-refractivity contribution in [2.45, 2.75) is 12.0 Å². The molecule has 2 aromatic carbocycles. The van der Waals surface area contributed by atoms with Gasteiger partial charge < -0.3 is 9.80 Å². The number of piperazine rings is 1. The lowest BCUT2D eigenvalue weighted by atomic mass is 9.92. The number of carbonyl (C=O) groups excluding carboxylic acids is 2. The monoisotopic (exact) mass is 367 g/mol. The van der Waals surface area contributed by atoms with Crippen LogP contribution in [0.3, 0.4) is 0 Å². The molecule has 6 heteroatoms. The molecule has 2 amide bonds. The molecular formula is C21H22FN3O2. The zero-order valence-electron chi connectivity index (χ0n) is 15.3. The first kappa shape index (κ1) is 17.7. The van der Waals surface area contributed by atoms with Crippen molar-refractivity contribution in [2.75, 3.05) is 38.1 Å². The largest absolute Gasteiger partial charge is 0.337 e. The third-order valence-electron chi connectivity index (χ3n) is 5.69. The van der Waals surface area contributed by atoms with Crippen LogP contribution in [0.2, 0.25) is 0 Å². The van der Waals surface area contributed by atoms with E-state index in [9.17, 15) is 14.0 Å². The van der Waals surface area contributed by atoms with E-state index in [1.54, 1.807) is 17.0 Å². The van der Waals surface area contributed by atoms with Crippen molar-refractivity contribution in [3.05, 3.63) is 66.0 Å². The molecule has 2 aromatic rings. The van der Waals surface area contributed by atoms with E-state index in [1.165, 1.54) is 12.1 Å². The number of likely N-dealkylation sites (tertiary alicyclic amines) is 1. The highest BCUT2D eigenvalue weighted by molar-refractivity contribution is 5.96. The molecule has 1 spiro atoms. The van der Waals surface area contributed by atoms with Crippen molar-refractivity contribution in [2.24, 2.45) is 0 Å². The lowest BCUT2D eigenvalue weighted by molar-refractivity contribution is -0.123. The second-order valence-electron chi connectivity index (χ2n) is 7.38. The lowest BCUT2D eigenvalue weighted by Gasteiger charge is -2.46. The zero-order valence-corrected chi connectivity index (χ0v) is 15.3. The Morgan fingerprint density at radius 3 is 2.59 bits per heavy atom. The predicted octanol–water partition coefficient (Wildman–Crippen LogP) is 2.39. The molecule has 0 saturated carbocycles. The fraction of sp³-hybridized carbons (Fsp3) is 0.333.